The molecule has 2 fully saturated rings. The maximum atomic E-state index is 13.5. The molecule has 0 aromatic carbocycles. The first-order chi connectivity index (χ1) is 15.3. The van der Waals surface area contributed by atoms with Crippen molar-refractivity contribution in [3.8, 4) is 11.6 Å². The summed E-state index contributed by atoms with van der Waals surface area (Å²) in [6.07, 6.45) is 5.57. The summed E-state index contributed by atoms with van der Waals surface area (Å²) in [5.74, 6) is -2.57. The molecule has 4 heterocycles. The third-order valence-electron chi connectivity index (χ3n) is 6.05. The van der Waals surface area contributed by atoms with Gasteiger partial charge in [0.2, 0.25) is 5.88 Å². The Morgan fingerprint density at radius 2 is 1.94 bits per heavy atom. The van der Waals surface area contributed by atoms with Crippen LogP contribution in [0.25, 0.3) is 5.69 Å². The van der Waals surface area contributed by atoms with E-state index in [4.69, 9.17) is 4.74 Å². The van der Waals surface area contributed by atoms with Crippen molar-refractivity contribution in [1.82, 2.24) is 29.9 Å². The number of amides is 1. The van der Waals surface area contributed by atoms with Gasteiger partial charge in [-0.3, -0.25) is 4.79 Å². The van der Waals surface area contributed by atoms with Gasteiger partial charge in [0.1, 0.15) is 11.8 Å². The van der Waals surface area contributed by atoms with E-state index in [1.54, 1.807) is 23.4 Å². The predicted molar refractivity (Wildman–Crippen MR) is 110 cm³/mol. The number of aryl methyl sites for hydroxylation is 1. The van der Waals surface area contributed by atoms with Crippen LogP contribution >= 0.6 is 0 Å². The lowest BCUT2D eigenvalue weighted by molar-refractivity contribution is 0.0167. The van der Waals surface area contributed by atoms with Gasteiger partial charge < -0.3 is 9.64 Å². The summed E-state index contributed by atoms with van der Waals surface area (Å²) in [4.78, 5) is 25.2. The average molecular weight is 440 g/mol. The van der Waals surface area contributed by atoms with Gasteiger partial charge in [-0.2, -0.15) is 10.2 Å². The molecule has 1 saturated carbocycles. The number of fused-ring (bicyclic) bond motifs is 2. The second-order valence-corrected chi connectivity index (χ2v) is 8.43. The molecule has 10 heteroatoms. The van der Waals surface area contributed by atoms with Gasteiger partial charge >= 0.3 is 0 Å². The standard InChI is InChI=1S/C22H22F2N6O2/c1-13-3-5-16(30-26-7-8-27-30)20(28-13)21(31)29-12-14-9-17(29)18(10-14)32-19-6-4-15(11-25-19)22(2,23)24/h3-8,11,14,17-18H,9-10,12H2,1-2H3. The van der Waals surface area contributed by atoms with E-state index < -0.39 is 5.92 Å². The maximum absolute atomic E-state index is 13.5. The number of ether oxygens (including phenoxy) is 1. The molecule has 3 atom stereocenters. The summed E-state index contributed by atoms with van der Waals surface area (Å²) in [6.45, 7) is 3.28. The zero-order valence-electron chi connectivity index (χ0n) is 17.7. The number of hydrogen-bond donors (Lipinski definition) is 0. The third kappa shape index (κ3) is 3.69. The first-order valence-corrected chi connectivity index (χ1v) is 10.5. The Morgan fingerprint density at radius 3 is 2.59 bits per heavy atom. The van der Waals surface area contributed by atoms with Gasteiger partial charge in [0.15, 0.2) is 5.69 Å². The molecule has 1 amide bonds. The normalized spacial score (nSPS) is 22.4. The molecule has 166 valence electrons. The van der Waals surface area contributed by atoms with Crippen molar-refractivity contribution in [2.24, 2.45) is 5.92 Å². The minimum atomic E-state index is -2.96. The maximum Gasteiger partial charge on any atom is 0.275 e. The van der Waals surface area contributed by atoms with Crippen LogP contribution in [0.3, 0.4) is 0 Å². The molecule has 5 rings (SSSR count). The van der Waals surface area contributed by atoms with Crippen LogP contribution in [0.1, 0.15) is 41.5 Å². The van der Waals surface area contributed by atoms with Gasteiger partial charge in [-0.05, 0) is 43.9 Å². The number of likely N-dealkylation sites (tertiary alicyclic amines) is 1. The quantitative estimate of drug-likeness (QED) is 0.606. The van der Waals surface area contributed by atoms with Crippen molar-refractivity contribution >= 4 is 5.91 Å². The van der Waals surface area contributed by atoms with Crippen LogP contribution < -0.4 is 4.74 Å². The van der Waals surface area contributed by atoms with Gasteiger partial charge in [0.05, 0.1) is 18.4 Å². The number of pyridine rings is 2. The lowest BCUT2D eigenvalue weighted by atomic mass is 10.1. The Morgan fingerprint density at radius 1 is 1.16 bits per heavy atom. The van der Waals surface area contributed by atoms with Crippen molar-refractivity contribution in [2.75, 3.05) is 6.54 Å². The number of aromatic nitrogens is 5. The number of rotatable bonds is 5. The molecule has 1 saturated heterocycles. The highest BCUT2D eigenvalue weighted by Crippen LogP contribution is 2.40. The average Bonchev–Trinajstić information content (AvgIpc) is 3.50. The molecule has 3 aromatic rings. The van der Waals surface area contributed by atoms with Crippen molar-refractivity contribution < 1.29 is 18.3 Å². The second kappa shape index (κ2) is 7.61. The minimum Gasteiger partial charge on any atom is -0.472 e. The topological polar surface area (TPSA) is 86.0 Å². The first kappa shape index (κ1) is 20.5. The highest BCUT2D eigenvalue weighted by molar-refractivity contribution is 5.96. The van der Waals surface area contributed by atoms with Crippen LogP contribution in [0.2, 0.25) is 0 Å². The van der Waals surface area contributed by atoms with E-state index in [2.05, 4.69) is 20.2 Å². The van der Waals surface area contributed by atoms with E-state index in [-0.39, 0.29) is 29.5 Å². The Balaban J connectivity index is 1.37. The number of nitrogens with zero attached hydrogens (tertiary/aromatic N) is 6. The molecular weight excluding hydrogens is 418 g/mol. The van der Waals surface area contributed by atoms with E-state index in [9.17, 15) is 13.6 Å². The lowest BCUT2D eigenvalue weighted by Crippen LogP contribution is -2.47. The molecule has 3 unspecified atom stereocenters. The zero-order chi connectivity index (χ0) is 22.5. The van der Waals surface area contributed by atoms with Crippen molar-refractivity contribution in [3.05, 3.63) is 59.8 Å². The molecule has 2 aliphatic rings. The van der Waals surface area contributed by atoms with Crippen LogP contribution in [-0.4, -0.2) is 54.5 Å². The highest BCUT2D eigenvalue weighted by Gasteiger charge is 2.49. The molecule has 1 aliphatic carbocycles. The predicted octanol–water partition coefficient (Wildman–Crippen LogP) is 3.16. The fraction of sp³-hybridized carbons (Fsp3) is 0.409. The molecule has 0 radical (unpaired) electrons. The van der Waals surface area contributed by atoms with Gasteiger partial charge in [0, 0.05) is 37.0 Å². The number of alkyl halides is 2. The van der Waals surface area contributed by atoms with E-state index >= 15 is 0 Å². The summed E-state index contributed by atoms with van der Waals surface area (Å²) in [7, 11) is 0. The number of carbonyl (C=O) groups excluding carboxylic acids is 1. The Kier molecular flexibility index (Phi) is 4.87. The number of hydrogen-bond acceptors (Lipinski definition) is 6. The summed E-state index contributed by atoms with van der Waals surface area (Å²) in [5.41, 5.74) is 1.36. The molecular formula is C22H22F2N6O2. The fourth-order valence-corrected chi connectivity index (χ4v) is 4.53. The van der Waals surface area contributed by atoms with E-state index in [1.165, 1.54) is 16.9 Å². The minimum absolute atomic E-state index is 0.137. The zero-order valence-corrected chi connectivity index (χ0v) is 17.7. The fourth-order valence-electron chi connectivity index (χ4n) is 4.53. The molecule has 0 N–H and O–H groups in total. The second-order valence-electron chi connectivity index (χ2n) is 8.43. The van der Waals surface area contributed by atoms with Crippen molar-refractivity contribution in [1.29, 1.82) is 0 Å². The molecule has 2 bridgehead atoms. The van der Waals surface area contributed by atoms with E-state index in [1.807, 2.05) is 13.0 Å². The lowest BCUT2D eigenvalue weighted by Gasteiger charge is -2.33. The van der Waals surface area contributed by atoms with Gasteiger partial charge in [-0.25, -0.2) is 18.7 Å². The SMILES string of the molecule is Cc1ccc(-n2nccn2)c(C(=O)N2CC3CC(Oc4ccc(C(C)(F)F)cn4)C2C3)n1. The number of piperidine rings is 1. The Hall–Kier alpha value is -3.43. The Bertz CT molecular complexity index is 1130. The number of halogens is 2. The number of carbonyl (C=O) groups is 1. The van der Waals surface area contributed by atoms with Crippen LogP contribution in [0.4, 0.5) is 8.78 Å². The van der Waals surface area contributed by atoms with Crippen LogP contribution in [0, 0.1) is 12.8 Å². The summed E-state index contributed by atoms with van der Waals surface area (Å²) >= 11 is 0. The molecule has 3 aromatic heterocycles. The Labute approximate surface area is 183 Å². The summed E-state index contributed by atoms with van der Waals surface area (Å²) in [5, 5.41) is 8.27. The largest absolute Gasteiger partial charge is 0.472 e. The molecule has 0 spiro atoms. The van der Waals surface area contributed by atoms with Crippen LogP contribution in [-0.2, 0) is 5.92 Å². The van der Waals surface area contributed by atoms with Crippen molar-refractivity contribution in [3.63, 3.8) is 0 Å². The van der Waals surface area contributed by atoms with E-state index in [0.717, 1.165) is 31.7 Å². The summed E-state index contributed by atoms with van der Waals surface area (Å²) < 4.78 is 32.9. The summed E-state index contributed by atoms with van der Waals surface area (Å²) in [6, 6.07) is 6.23. The molecule has 1 aliphatic heterocycles. The first-order valence-electron chi connectivity index (χ1n) is 10.5. The molecule has 32 heavy (non-hydrogen) atoms. The monoisotopic (exact) mass is 440 g/mol. The van der Waals surface area contributed by atoms with Crippen molar-refractivity contribution in [2.45, 2.75) is 44.8 Å². The van der Waals surface area contributed by atoms with Gasteiger partial charge in [-0.15, -0.1) is 4.80 Å². The van der Waals surface area contributed by atoms with Crippen LogP contribution in [0.15, 0.2) is 42.9 Å². The highest BCUT2D eigenvalue weighted by atomic mass is 19.3. The molecule has 8 nitrogen and oxygen atoms in total. The van der Waals surface area contributed by atoms with E-state index in [0.29, 0.717) is 23.8 Å². The van der Waals surface area contributed by atoms with Gasteiger partial charge in [0.25, 0.3) is 11.8 Å². The smallest absolute Gasteiger partial charge is 0.275 e. The third-order valence-corrected chi connectivity index (χ3v) is 6.05. The van der Waals surface area contributed by atoms with Crippen LogP contribution in [0.5, 0.6) is 5.88 Å². The van der Waals surface area contributed by atoms with Gasteiger partial charge in [-0.1, -0.05) is 0 Å².